The molecule has 2 atom stereocenters. The maximum absolute atomic E-state index is 15.4. The van der Waals surface area contributed by atoms with E-state index in [0.29, 0.717) is 11.1 Å². The van der Waals surface area contributed by atoms with Crippen LogP contribution in [0.3, 0.4) is 0 Å². The van der Waals surface area contributed by atoms with E-state index in [1.807, 2.05) is 0 Å². The maximum Gasteiger partial charge on any atom is 0.329 e. The molecule has 0 bridgehead atoms. The summed E-state index contributed by atoms with van der Waals surface area (Å²) in [5.74, 6) is -10.4. The molecule has 1 saturated carbocycles. The van der Waals surface area contributed by atoms with Gasteiger partial charge in [-0.1, -0.05) is 0 Å². The third-order valence-electron chi connectivity index (χ3n) is 6.73. The number of fused-ring (bicyclic) bond motifs is 1. The first kappa shape index (κ1) is 22.8. The number of benzene rings is 1. The third kappa shape index (κ3) is 3.32. The summed E-state index contributed by atoms with van der Waals surface area (Å²) in [5.41, 5.74) is 5.03. The van der Waals surface area contributed by atoms with Crippen LogP contribution in [-0.2, 0) is 0 Å². The Morgan fingerprint density at radius 3 is 2.28 bits per heavy atom. The average Bonchev–Trinajstić information content (AvgIpc) is 3.41. The van der Waals surface area contributed by atoms with Gasteiger partial charge in [0.1, 0.15) is 0 Å². The topological polar surface area (TPSA) is 84.1 Å². The first-order chi connectivity index (χ1) is 14.8. The number of hydrogen-bond donors (Lipinski definition) is 2. The van der Waals surface area contributed by atoms with Gasteiger partial charge < -0.3 is 10.6 Å². The number of anilines is 1. The van der Waals surface area contributed by atoms with Gasteiger partial charge in [0.2, 0.25) is 0 Å². The van der Waals surface area contributed by atoms with Crippen LogP contribution in [-0.4, -0.2) is 40.5 Å². The van der Waals surface area contributed by atoms with Crippen LogP contribution in [0.4, 0.5) is 27.6 Å². The van der Waals surface area contributed by atoms with Crippen molar-refractivity contribution in [2.75, 3.05) is 18.0 Å². The lowest BCUT2D eigenvalue weighted by Crippen LogP contribution is -2.56. The number of aromatic nitrogens is 2. The van der Waals surface area contributed by atoms with E-state index in [2.05, 4.69) is 4.98 Å². The standard InChI is InChI=1S/C21H25F5N4O2/c1-9-13-15(30(12-4-5-12)19(32)28-18(13)31)10(2)16(14(9)22)29-7-6-11(8-29)17(27)21(25,26)20(3,23)24/h11-12,17H,4-8,27H2,1-3H3,(H,28,31,32). The molecule has 0 spiro atoms. The summed E-state index contributed by atoms with van der Waals surface area (Å²) in [7, 11) is 0. The van der Waals surface area contributed by atoms with Crippen LogP contribution in [0.15, 0.2) is 9.59 Å². The van der Waals surface area contributed by atoms with Gasteiger partial charge in [-0.2, -0.15) is 8.78 Å². The molecule has 1 aliphatic heterocycles. The number of nitrogens with zero attached hydrogens (tertiary/aromatic N) is 2. The van der Waals surface area contributed by atoms with Gasteiger partial charge in [-0.3, -0.25) is 14.3 Å². The Morgan fingerprint density at radius 1 is 1.09 bits per heavy atom. The van der Waals surface area contributed by atoms with Crippen LogP contribution in [0, 0.1) is 25.6 Å². The number of aryl methyl sites for hydroxylation is 2. The molecule has 6 nitrogen and oxygen atoms in total. The van der Waals surface area contributed by atoms with E-state index in [1.54, 1.807) is 6.92 Å². The monoisotopic (exact) mass is 460 g/mol. The van der Waals surface area contributed by atoms with Crippen molar-refractivity contribution in [2.24, 2.45) is 11.7 Å². The Labute approximate surface area is 180 Å². The number of nitrogens with one attached hydrogen (secondary N) is 1. The zero-order valence-corrected chi connectivity index (χ0v) is 17.9. The summed E-state index contributed by atoms with van der Waals surface area (Å²) in [6.45, 7) is 3.10. The van der Waals surface area contributed by atoms with Crippen LogP contribution in [0.1, 0.15) is 43.4 Å². The van der Waals surface area contributed by atoms with Crippen molar-refractivity contribution in [1.29, 1.82) is 0 Å². The van der Waals surface area contributed by atoms with Crippen LogP contribution in [0.5, 0.6) is 0 Å². The van der Waals surface area contributed by atoms with E-state index in [-0.39, 0.29) is 49.1 Å². The highest BCUT2D eigenvalue weighted by Gasteiger charge is 2.59. The molecule has 2 aliphatic rings. The summed E-state index contributed by atoms with van der Waals surface area (Å²) < 4.78 is 72.0. The van der Waals surface area contributed by atoms with E-state index < -0.39 is 40.9 Å². The van der Waals surface area contributed by atoms with Gasteiger partial charge in [-0.15, -0.1) is 0 Å². The molecule has 1 aliphatic carbocycles. The molecule has 0 radical (unpaired) electrons. The zero-order valence-electron chi connectivity index (χ0n) is 17.9. The molecule has 11 heteroatoms. The summed E-state index contributed by atoms with van der Waals surface area (Å²) in [6.07, 6.45) is 1.56. The van der Waals surface area contributed by atoms with E-state index >= 15 is 4.39 Å². The minimum absolute atomic E-state index is 0.0365. The van der Waals surface area contributed by atoms with Crippen molar-refractivity contribution in [3.05, 3.63) is 37.8 Å². The molecule has 1 aromatic carbocycles. The van der Waals surface area contributed by atoms with Gasteiger partial charge in [0.25, 0.3) is 5.56 Å². The summed E-state index contributed by atoms with van der Waals surface area (Å²) in [4.78, 5) is 28.7. The molecule has 1 aromatic heterocycles. The lowest BCUT2D eigenvalue weighted by atomic mass is 9.91. The lowest BCUT2D eigenvalue weighted by molar-refractivity contribution is -0.214. The van der Waals surface area contributed by atoms with Crippen LogP contribution < -0.4 is 21.9 Å². The number of alkyl halides is 4. The van der Waals surface area contributed by atoms with Crippen LogP contribution >= 0.6 is 0 Å². The second kappa shape index (κ2) is 7.29. The van der Waals surface area contributed by atoms with Crippen molar-refractivity contribution in [3.8, 4) is 0 Å². The largest absolute Gasteiger partial charge is 0.369 e. The number of aromatic amines is 1. The Kier molecular flexibility index (Phi) is 5.19. The second-order valence-corrected chi connectivity index (χ2v) is 9.03. The summed E-state index contributed by atoms with van der Waals surface area (Å²) in [5, 5.41) is 0.0693. The molecule has 1 saturated heterocycles. The first-order valence-electron chi connectivity index (χ1n) is 10.5. The SMILES string of the molecule is Cc1c(F)c(N2CCC(C(N)C(F)(F)C(C)(F)F)C2)c(C)c2c1c(=O)[nH]c(=O)n2C1CC1. The highest BCUT2D eigenvalue weighted by atomic mass is 19.3. The van der Waals surface area contributed by atoms with E-state index in [1.165, 1.54) is 16.4 Å². The van der Waals surface area contributed by atoms with Crippen LogP contribution in [0.2, 0.25) is 0 Å². The fourth-order valence-electron chi connectivity index (χ4n) is 4.76. The molecular formula is C21H25F5N4O2. The van der Waals surface area contributed by atoms with Crippen molar-refractivity contribution in [3.63, 3.8) is 0 Å². The molecule has 3 N–H and O–H groups in total. The fourth-order valence-corrected chi connectivity index (χ4v) is 4.76. The van der Waals surface area contributed by atoms with Gasteiger partial charge in [0.05, 0.1) is 22.6 Å². The van der Waals surface area contributed by atoms with Gasteiger partial charge in [-0.25, -0.2) is 18.0 Å². The molecule has 2 aromatic rings. The van der Waals surface area contributed by atoms with Crippen molar-refractivity contribution >= 4 is 16.6 Å². The number of nitrogens with two attached hydrogens (primary N) is 1. The molecule has 2 heterocycles. The molecule has 4 rings (SSSR count). The zero-order chi connectivity index (χ0) is 23.7. The van der Waals surface area contributed by atoms with E-state index in [0.717, 1.165) is 12.8 Å². The summed E-state index contributed by atoms with van der Waals surface area (Å²) >= 11 is 0. The van der Waals surface area contributed by atoms with Crippen molar-refractivity contribution in [2.45, 2.75) is 64.0 Å². The Balaban J connectivity index is 1.80. The van der Waals surface area contributed by atoms with Gasteiger partial charge in [-0.05, 0) is 39.0 Å². The second-order valence-electron chi connectivity index (χ2n) is 9.03. The lowest BCUT2D eigenvalue weighted by Gasteiger charge is -2.32. The molecular weight excluding hydrogens is 435 g/mol. The van der Waals surface area contributed by atoms with Gasteiger partial charge >= 0.3 is 17.5 Å². The third-order valence-corrected chi connectivity index (χ3v) is 6.73. The molecule has 176 valence electrons. The average molecular weight is 460 g/mol. The fraction of sp³-hybridized carbons (Fsp3) is 0.619. The molecule has 0 amide bonds. The highest BCUT2D eigenvalue weighted by Crippen LogP contribution is 2.43. The van der Waals surface area contributed by atoms with Gasteiger partial charge in [0, 0.05) is 37.2 Å². The predicted molar refractivity (Wildman–Crippen MR) is 110 cm³/mol. The van der Waals surface area contributed by atoms with E-state index in [4.69, 9.17) is 5.73 Å². The Bertz CT molecular complexity index is 1200. The van der Waals surface area contributed by atoms with E-state index in [9.17, 15) is 27.2 Å². The number of H-pyrrole nitrogens is 1. The molecule has 32 heavy (non-hydrogen) atoms. The minimum atomic E-state index is -4.42. The highest BCUT2D eigenvalue weighted by molar-refractivity contribution is 5.90. The number of rotatable bonds is 5. The smallest absolute Gasteiger partial charge is 0.329 e. The Morgan fingerprint density at radius 2 is 1.72 bits per heavy atom. The molecule has 2 unspecified atom stereocenters. The maximum atomic E-state index is 15.4. The predicted octanol–water partition coefficient (Wildman–Crippen LogP) is 3.22. The van der Waals surface area contributed by atoms with Crippen LogP contribution in [0.25, 0.3) is 10.9 Å². The minimum Gasteiger partial charge on any atom is -0.369 e. The Hall–Kier alpha value is -2.43. The number of hydrogen-bond acceptors (Lipinski definition) is 4. The van der Waals surface area contributed by atoms with Crippen molar-refractivity contribution in [1.82, 2.24) is 9.55 Å². The summed E-state index contributed by atoms with van der Waals surface area (Å²) in [6, 6.07) is -2.21. The quantitative estimate of drug-likeness (QED) is 0.672. The normalized spacial score (nSPS) is 20.9. The number of halogens is 5. The van der Waals surface area contributed by atoms with Gasteiger partial charge in [0.15, 0.2) is 5.82 Å². The molecule has 2 fully saturated rings. The first-order valence-corrected chi connectivity index (χ1v) is 10.5. The van der Waals surface area contributed by atoms with Crippen molar-refractivity contribution < 1.29 is 22.0 Å².